The Morgan fingerprint density at radius 3 is 2.39 bits per heavy atom. The lowest BCUT2D eigenvalue weighted by Crippen LogP contribution is -1.95. The molecule has 0 fully saturated rings. The van der Waals surface area contributed by atoms with E-state index in [1.165, 1.54) is 0 Å². The first-order valence-electron chi connectivity index (χ1n) is 5.25. The molecule has 0 unspecified atom stereocenters. The van der Waals surface area contributed by atoms with Gasteiger partial charge >= 0.3 is 0 Å². The van der Waals surface area contributed by atoms with Crippen molar-refractivity contribution in [1.29, 1.82) is 0 Å². The quantitative estimate of drug-likeness (QED) is 0.619. The molecule has 2 nitrogen and oxygen atoms in total. The van der Waals surface area contributed by atoms with Crippen LogP contribution in [-0.2, 0) is 0 Å². The summed E-state index contributed by atoms with van der Waals surface area (Å²) in [5.41, 5.74) is 1.53. The van der Waals surface area contributed by atoms with Crippen LogP contribution in [0.25, 0.3) is 16.6 Å². The average molecular weight is 298 g/mol. The van der Waals surface area contributed by atoms with Gasteiger partial charge in [-0.2, -0.15) is 5.10 Å². The number of para-hydroxylation sites is 1. The molecule has 0 aliphatic rings. The molecule has 5 heteroatoms. The summed E-state index contributed by atoms with van der Waals surface area (Å²) in [7, 11) is 0. The summed E-state index contributed by atoms with van der Waals surface area (Å²) in [6, 6.07) is 13.0. The van der Waals surface area contributed by atoms with Crippen molar-refractivity contribution < 1.29 is 0 Å². The molecule has 0 amide bonds. The van der Waals surface area contributed by atoms with E-state index < -0.39 is 0 Å². The lowest BCUT2D eigenvalue weighted by molar-refractivity contribution is 0.897. The van der Waals surface area contributed by atoms with Gasteiger partial charge in [0.25, 0.3) is 0 Å². The molecule has 2 aromatic carbocycles. The van der Waals surface area contributed by atoms with Crippen molar-refractivity contribution in [2.75, 3.05) is 0 Å². The number of hydrogen-bond acceptors (Lipinski definition) is 1. The van der Waals surface area contributed by atoms with Crippen LogP contribution in [-0.4, -0.2) is 9.78 Å². The van der Waals surface area contributed by atoms with E-state index >= 15 is 0 Å². The Bertz CT molecular complexity index is 720. The summed E-state index contributed by atoms with van der Waals surface area (Å²) in [5, 5.41) is 6.70. The molecule has 1 aromatic heterocycles. The van der Waals surface area contributed by atoms with Crippen LogP contribution in [0.2, 0.25) is 15.2 Å². The monoisotopic (exact) mass is 296 g/mol. The zero-order chi connectivity index (χ0) is 12.7. The van der Waals surface area contributed by atoms with Crippen LogP contribution >= 0.6 is 34.8 Å². The highest BCUT2D eigenvalue weighted by Crippen LogP contribution is 2.33. The van der Waals surface area contributed by atoms with Crippen LogP contribution < -0.4 is 0 Å². The van der Waals surface area contributed by atoms with Crippen LogP contribution in [0.4, 0.5) is 0 Å². The van der Waals surface area contributed by atoms with Gasteiger partial charge in [0.15, 0.2) is 0 Å². The largest absolute Gasteiger partial charge is 0.221 e. The van der Waals surface area contributed by atoms with Crippen LogP contribution in [0.3, 0.4) is 0 Å². The second-order valence-corrected chi connectivity index (χ2v) is 5.02. The SMILES string of the molecule is Clc1cc(Cl)c2nn(-c3ccccc3)c(Cl)c2c1. The molecular formula is C13H7Cl3N2. The molecular weight excluding hydrogens is 291 g/mol. The average Bonchev–Trinajstić information content (AvgIpc) is 2.69. The summed E-state index contributed by atoms with van der Waals surface area (Å²) in [6.07, 6.45) is 0. The number of rotatable bonds is 1. The highest BCUT2D eigenvalue weighted by Gasteiger charge is 2.13. The Hall–Kier alpha value is -1.22. The number of aromatic nitrogens is 2. The molecule has 0 saturated carbocycles. The van der Waals surface area contributed by atoms with E-state index in [-0.39, 0.29) is 0 Å². The van der Waals surface area contributed by atoms with Crippen molar-refractivity contribution in [3.8, 4) is 5.69 Å². The smallest absolute Gasteiger partial charge is 0.140 e. The highest BCUT2D eigenvalue weighted by molar-refractivity contribution is 6.41. The third-order valence-electron chi connectivity index (χ3n) is 2.64. The van der Waals surface area contributed by atoms with Gasteiger partial charge in [0.1, 0.15) is 10.7 Å². The van der Waals surface area contributed by atoms with Gasteiger partial charge in [-0.3, -0.25) is 0 Å². The first-order valence-corrected chi connectivity index (χ1v) is 6.39. The number of hydrogen-bond donors (Lipinski definition) is 0. The zero-order valence-electron chi connectivity index (χ0n) is 9.07. The van der Waals surface area contributed by atoms with E-state index in [2.05, 4.69) is 5.10 Å². The summed E-state index contributed by atoms with van der Waals surface area (Å²) < 4.78 is 1.65. The molecule has 0 radical (unpaired) electrons. The minimum Gasteiger partial charge on any atom is -0.221 e. The first-order chi connectivity index (χ1) is 8.66. The minimum absolute atomic E-state index is 0.495. The minimum atomic E-state index is 0.495. The Morgan fingerprint density at radius 1 is 0.944 bits per heavy atom. The van der Waals surface area contributed by atoms with E-state index in [9.17, 15) is 0 Å². The molecule has 90 valence electrons. The fourth-order valence-electron chi connectivity index (χ4n) is 1.82. The number of nitrogens with zero attached hydrogens (tertiary/aromatic N) is 2. The second-order valence-electron chi connectivity index (χ2n) is 3.82. The van der Waals surface area contributed by atoms with Crippen LogP contribution in [0.1, 0.15) is 0 Å². The van der Waals surface area contributed by atoms with E-state index in [1.54, 1.807) is 16.8 Å². The fourth-order valence-corrected chi connectivity index (χ4v) is 2.63. The third kappa shape index (κ3) is 1.87. The fraction of sp³-hybridized carbons (Fsp3) is 0. The van der Waals surface area contributed by atoms with Gasteiger partial charge in [-0.1, -0.05) is 53.0 Å². The maximum Gasteiger partial charge on any atom is 0.140 e. The normalized spacial score (nSPS) is 11.1. The molecule has 3 rings (SSSR count). The molecule has 0 N–H and O–H groups in total. The van der Waals surface area contributed by atoms with Gasteiger partial charge in [0.05, 0.1) is 10.7 Å². The third-order valence-corrected chi connectivity index (χ3v) is 3.51. The van der Waals surface area contributed by atoms with E-state index in [4.69, 9.17) is 34.8 Å². The van der Waals surface area contributed by atoms with Gasteiger partial charge in [-0.25, -0.2) is 4.68 Å². The zero-order valence-corrected chi connectivity index (χ0v) is 11.3. The summed E-state index contributed by atoms with van der Waals surface area (Å²) in [5.74, 6) is 0. The second kappa shape index (κ2) is 4.47. The molecule has 1 heterocycles. The maximum absolute atomic E-state index is 6.32. The number of fused-ring (bicyclic) bond motifs is 1. The molecule has 0 saturated heterocycles. The van der Waals surface area contributed by atoms with Gasteiger partial charge < -0.3 is 0 Å². The van der Waals surface area contributed by atoms with Crippen molar-refractivity contribution in [2.24, 2.45) is 0 Å². The Morgan fingerprint density at radius 2 is 1.67 bits per heavy atom. The van der Waals surface area contributed by atoms with Crippen LogP contribution in [0.15, 0.2) is 42.5 Å². The molecule has 18 heavy (non-hydrogen) atoms. The molecule has 0 aliphatic heterocycles. The molecule has 0 atom stereocenters. The molecule has 3 aromatic rings. The lowest BCUT2D eigenvalue weighted by Gasteiger charge is -2.01. The summed E-state index contributed by atoms with van der Waals surface area (Å²) in [4.78, 5) is 0. The van der Waals surface area contributed by atoms with E-state index in [1.807, 2.05) is 30.3 Å². The summed E-state index contributed by atoms with van der Waals surface area (Å²) >= 11 is 18.4. The van der Waals surface area contributed by atoms with Gasteiger partial charge in [-0.15, -0.1) is 0 Å². The van der Waals surface area contributed by atoms with Gasteiger partial charge in [0.2, 0.25) is 0 Å². The van der Waals surface area contributed by atoms with Crippen molar-refractivity contribution in [3.63, 3.8) is 0 Å². The van der Waals surface area contributed by atoms with Gasteiger partial charge in [-0.05, 0) is 24.3 Å². The number of halogens is 3. The Balaban J connectivity index is 2.33. The van der Waals surface area contributed by atoms with Crippen LogP contribution in [0.5, 0.6) is 0 Å². The predicted octanol–water partition coefficient (Wildman–Crippen LogP) is 4.99. The van der Waals surface area contributed by atoms with Crippen LogP contribution in [0, 0.1) is 0 Å². The summed E-state index contributed by atoms with van der Waals surface area (Å²) in [6.45, 7) is 0. The van der Waals surface area contributed by atoms with Crippen molar-refractivity contribution in [1.82, 2.24) is 9.78 Å². The van der Waals surface area contributed by atoms with Crippen molar-refractivity contribution >= 4 is 45.7 Å². The topological polar surface area (TPSA) is 17.8 Å². The van der Waals surface area contributed by atoms with E-state index in [0.29, 0.717) is 20.7 Å². The van der Waals surface area contributed by atoms with Crippen molar-refractivity contribution in [3.05, 3.63) is 57.7 Å². The predicted molar refractivity (Wildman–Crippen MR) is 76.1 cm³/mol. The maximum atomic E-state index is 6.32. The first kappa shape index (κ1) is 11.8. The standard InChI is InChI=1S/C13H7Cl3N2/c14-8-6-10-12(11(15)7-8)17-18(13(10)16)9-4-2-1-3-5-9/h1-7H. The van der Waals surface area contributed by atoms with Gasteiger partial charge in [0, 0.05) is 10.4 Å². The lowest BCUT2D eigenvalue weighted by atomic mass is 10.2. The van der Waals surface area contributed by atoms with E-state index in [0.717, 1.165) is 11.1 Å². The number of benzene rings is 2. The van der Waals surface area contributed by atoms with Crippen molar-refractivity contribution in [2.45, 2.75) is 0 Å². The highest BCUT2D eigenvalue weighted by atomic mass is 35.5. The Labute approximate surface area is 119 Å². The molecule has 0 spiro atoms. The molecule has 0 aliphatic carbocycles. The molecule has 0 bridgehead atoms. The Kier molecular flexibility index (Phi) is 2.94.